The summed E-state index contributed by atoms with van der Waals surface area (Å²) in [5, 5.41) is 3.35. The van der Waals surface area contributed by atoms with Gasteiger partial charge in [0.25, 0.3) is 0 Å². The van der Waals surface area contributed by atoms with E-state index in [0.717, 1.165) is 23.3 Å². The molecule has 2 atom stereocenters. The second-order valence-corrected chi connectivity index (χ2v) is 5.84. The smallest absolute Gasteiger partial charge is 0.322 e. The summed E-state index contributed by atoms with van der Waals surface area (Å²) in [6, 6.07) is 5.78. The van der Waals surface area contributed by atoms with Crippen molar-refractivity contribution in [3.63, 3.8) is 0 Å². The molecule has 0 spiro atoms. The number of carbonyl (C=O) groups is 1. The van der Waals surface area contributed by atoms with Gasteiger partial charge in [-0.3, -0.25) is 10.1 Å². The summed E-state index contributed by atoms with van der Waals surface area (Å²) in [4.78, 5) is 11.9. The Hall–Kier alpha value is -1.55. The molecule has 0 fully saturated rings. The lowest BCUT2D eigenvalue weighted by Gasteiger charge is -2.24. The number of ether oxygens (including phenoxy) is 2. The number of aryl methyl sites for hydroxylation is 1. The van der Waals surface area contributed by atoms with Gasteiger partial charge in [-0.2, -0.15) is 0 Å². The molecule has 0 aliphatic rings. The van der Waals surface area contributed by atoms with Crippen LogP contribution in [0.3, 0.4) is 0 Å². The highest BCUT2D eigenvalue weighted by molar-refractivity contribution is 5.75. The molecule has 0 aromatic heterocycles. The van der Waals surface area contributed by atoms with Crippen LogP contribution in [0.25, 0.3) is 0 Å². The summed E-state index contributed by atoms with van der Waals surface area (Å²) < 4.78 is 10.3. The topological polar surface area (TPSA) is 47.6 Å². The highest BCUT2D eigenvalue weighted by atomic mass is 16.5. The molecule has 4 heteroatoms. The number of hydrogen-bond donors (Lipinski definition) is 1. The summed E-state index contributed by atoms with van der Waals surface area (Å²) in [6.07, 6.45) is 0.741. The molecule has 0 saturated carbocycles. The van der Waals surface area contributed by atoms with Crippen molar-refractivity contribution in [1.29, 1.82) is 0 Å². The van der Waals surface area contributed by atoms with E-state index in [2.05, 4.69) is 19.2 Å². The van der Waals surface area contributed by atoms with Crippen molar-refractivity contribution in [3.05, 3.63) is 29.3 Å². The zero-order chi connectivity index (χ0) is 16.0. The predicted molar refractivity (Wildman–Crippen MR) is 84.5 cm³/mol. The van der Waals surface area contributed by atoms with Crippen molar-refractivity contribution < 1.29 is 14.3 Å². The van der Waals surface area contributed by atoms with Crippen LogP contribution < -0.4 is 10.1 Å². The van der Waals surface area contributed by atoms with Gasteiger partial charge in [-0.15, -0.1) is 0 Å². The molecule has 2 unspecified atom stereocenters. The molecule has 4 nitrogen and oxygen atoms in total. The Bertz CT molecular complexity index is 471. The lowest BCUT2D eigenvalue weighted by molar-refractivity contribution is -0.143. The zero-order valence-corrected chi connectivity index (χ0v) is 13.9. The van der Waals surface area contributed by atoms with E-state index in [0.29, 0.717) is 5.92 Å². The van der Waals surface area contributed by atoms with Gasteiger partial charge in [0.1, 0.15) is 11.8 Å². The monoisotopic (exact) mass is 293 g/mol. The highest BCUT2D eigenvalue weighted by Crippen LogP contribution is 2.27. The van der Waals surface area contributed by atoms with Gasteiger partial charge in [0.15, 0.2) is 0 Å². The molecular weight excluding hydrogens is 266 g/mol. The van der Waals surface area contributed by atoms with Gasteiger partial charge >= 0.3 is 5.97 Å². The molecule has 0 bridgehead atoms. The predicted octanol–water partition coefficient (Wildman–Crippen LogP) is 3.24. The largest absolute Gasteiger partial charge is 0.496 e. The molecule has 0 aliphatic carbocycles. The molecule has 1 N–H and O–H groups in total. The Balaban J connectivity index is 2.90. The fraction of sp³-hybridized carbons (Fsp3) is 0.588. The number of hydrogen-bond acceptors (Lipinski definition) is 4. The Morgan fingerprint density at radius 2 is 1.90 bits per heavy atom. The van der Waals surface area contributed by atoms with Gasteiger partial charge < -0.3 is 9.47 Å². The minimum Gasteiger partial charge on any atom is -0.496 e. The van der Waals surface area contributed by atoms with E-state index in [1.54, 1.807) is 7.11 Å². The van der Waals surface area contributed by atoms with E-state index in [9.17, 15) is 4.79 Å². The molecule has 1 aromatic rings. The van der Waals surface area contributed by atoms with Crippen molar-refractivity contribution in [1.82, 2.24) is 5.32 Å². The van der Waals surface area contributed by atoms with Crippen LogP contribution in [0.4, 0.5) is 0 Å². The summed E-state index contributed by atoms with van der Waals surface area (Å²) >= 11 is 0. The molecule has 0 saturated heterocycles. The Morgan fingerprint density at radius 3 is 2.43 bits per heavy atom. The maximum atomic E-state index is 11.9. The standard InChI is InChI=1S/C17H27NO3/c1-11(2)9-15(17(19)21-6)18-13(4)14-8-7-12(3)10-16(14)20-5/h7-8,10-11,13,15,18H,9H2,1-6H3. The van der Waals surface area contributed by atoms with E-state index < -0.39 is 0 Å². The first-order chi connectivity index (χ1) is 9.88. The van der Waals surface area contributed by atoms with Gasteiger partial charge in [-0.1, -0.05) is 26.0 Å². The van der Waals surface area contributed by atoms with E-state index >= 15 is 0 Å². The average Bonchev–Trinajstić information content (AvgIpc) is 2.44. The zero-order valence-electron chi connectivity index (χ0n) is 13.9. The van der Waals surface area contributed by atoms with E-state index in [-0.39, 0.29) is 18.1 Å². The van der Waals surface area contributed by atoms with Crippen molar-refractivity contribution >= 4 is 5.97 Å². The third kappa shape index (κ3) is 5.05. The number of benzene rings is 1. The molecular formula is C17H27NO3. The van der Waals surface area contributed by atoms with Crippen LogP contribution in [-0.4, -0.2) is 26.2 Å². The first-order valence-corrected chi connectivity index (χ1v) is 7.37. The van der Waals surface area contributed by atoms with Crippen LogP contribution in [0, 0.1) is 12.8 Å². The van der Waals surface area contributed by atoms with Gasteiger partial charge in [0.05, 0.1) is 14.2 Å². The van der Waals surface area contributed by atoms with Gasteiger partial charge in [-0.25, -0.2) is 0 Å². The number of methoxy groups -OCH3 is 2. The molecule has 1 rings (SSSR count). The van der Waals surface area contributed by atoms with Crippen LogP contribution in [0.15, 0.2) is 18.2 Å². The van der Waals surface area contributed by atoms with Crippen LogP contribution >= 0.6 is 0 Å². The van der Waals surface area contributed by atoms with Crippen molar-refractivity contribution in [2.75, 3.05) is 14.2 Å². The summed E-state index contributed by atoms with van der Waals surface area (Å²) in [6.45, 7) is 8.24. The van der Waals surface area contributed by atoms with E-state index in [1.165, 1.54) is 7.11 Å². The molecule has 0 heterocycles. The van der Waals surface area contributed by atoms with Crippen LogP contribution in [0.1, 0.15) is 44.4 Å². The summed E-state index contributed by atoms with van der Waals surface area (Å²) in [7, 11) is 3.09. The molecule has 21 heavy (non-hydrogen) atoms. The second-order valence-electron chi connectivity index (χ2n) is 5.84. The fourth-order valence-corrected chi connectivity index (χ4v) is 2.41. The number of esters is 1. The van der Waals surface area contributed by atoms with Gasteiger partial charge in [0, 0.05) is 11.6 Å². The van der Waals surface area contributed by atoms with Crippen molar-refractivity contribution in [3.8, 4) is 5.75 Å². The quantitative estimate of drug-likeness (QED) is 0.784. The van der Waals surface area contributed by atoms with Crippen LogP contribution in [0.2, 0.25) is 0 Å². The van der Waals surface area contributed by atoms with Crippen molar-refractivity contribution in [2.45, 2.75) is 46.2 Å². The Morgan fingerprint density at radius 1 is 1.24 bits per heavy atom. The van der Waals surface area contributed by atoms with E-state index in [1.807, 2.05) is 32.0 Å². The number of nitrogens with one attached hydrogen (secondary N) is 1. The Kier molecular flexibility index (Phi) is 6.69. The van der Waals surface area contributed by atoms with Gasteiger partial charge in [-0.05, 0) is 37.8 Å². The van der Waals surface area contributed by atoms with E-state index in [4.69, 9.17) is 9.47 Å². The highest BCUT2D eigenvalue weighted by Gasteiger charge is 2.23. The summed E-state index contributed by atoms with van der Waals surface area (Å²) in [5.74, 6) is 1.03. The minimum absolute atomic E-state index is 0.00315. The van der Waals surface area contributed by atoms with Crippen molar-refractivity contribution in [2.24, 2.45) is 5.92 Å². The third-order valence-corrected chi connectivity index (χ3v) is 3.50. The third-order valence-electron chi connectivity index (χ3n) is 3.50. The molecule has 0 radical (unpaired) electrons. The first kappa shape index (κ1) is 17.5. The molecule has 1 aromatic carbocycles. The number of rotatable bonds is 7. The van der Waals surface area contributed by atoms with Crippen LogP contribution in [0.5, 0.6) is 5.75 Å². The van der Waals surface area contributed by atoms with Crippen LogP contribution in [-0.2, 0) is 9.53 Å². The Labute approximate surface area is 127 Å². The number of carbonyl (C=O) groups excluding carboxylic acids is 1. The maximum Gasteiger partial charge on any atom is 0.322 e. The normalized spacial score (nSPS) is 13.9. The van der Waals surface area contributed by atoms with Gasteiger partial charge in [0.2, 0.25) is 0 Å². The average molecular weight is 293 g/mol. The maximum absolute atomic E-state index is 11.9. The summed E-state index contributed by atoms with van der Waals surface area (Å²) in [5.41, 5.74) is 2.19. The fourth-order valence-electron chi connectivity index (χ4n) is 2.41. The first-order valence-electron chi connectivity index (χ1n) is 7.37. The lowest BCUT2D eigenvalue weighted by atomic mass is 10.00. The minimum atomic E-state index is -0.309. The SMILES string of the molecule is COC(=O)C(CC(C)C)NC(C)c1ccc(C)cc1OC. The molecule has 0 aliphatic heterocycles. The molecule has 118 valence electrons. The molecule has 0 amide bonds. The lowest BCUT2D eigenvalue weighted by Crippen LogP contribution is -2.40. The second kappa shape index (κ2) is 8.03.